The summed E-state index contributed by atoms with van der Waals surface area (Å²) in [5, 5.41) is 1.12. The van der Waals surface area contributed by atoms with Crippen molar-refractivity contribution in [2.45, 2.75) is 6.92 Å². The van der Waals surface area contributed by atoms with E-state index in [2.05, 4.69) is 0 Å². The third kappa shape index (κ3) is 4.06. The first kappa shape index (κ1) is 17.6. The molecule has 5 heteroatoms. The highest BCUT2D eigenvalue weighted by Crippen LogP contribution is 2.34. The zero-order chi connectivity index (χ0) is 17.8. The average Bonchev–Trinajstić information content (AvgIpc) is 2.61. The monoisotopic (exact) mass is 373 g/mol. The number of hydrogen-bond donors (Lipinski definition) is 0. The van der Waals surface area contributed by atoms with Gasteiger partial charge in [-0.15, -0.1) is 0 Å². The van der Waals surface area contributed by atoms with Gasteiger partial charge in [-0.25, -0.2) is 4.98 Å². The molecule has 1 aromatic heterocycles. The Morgan fingerprint density at radius 1 is 0.920 bits per heavy atom. The fraction of sp³-hybridized carbons (Fsp3) is 0.150. The Morgan fingerprint density at radius 2 is 1.60 bits per heavy atom. The van der Waals surface area contributed by atoms with E-state index in [4.69, 9.17) is 37.7 Å². The molecule has 0 saturated heterocycles. The number of methoxy groups -OCH3 is 1. The second kappa shape index (κ2) is 7.77. The summed E-state index contributed by atoms with van der Waals surface area (Å²) in [6.45, 7) is 2.50. The Labute approximate surface area is 157 Å². The minimum atomic E-state index is 0.560. The molecule has 0 spiro atoms. The molecule has 0 aliphatic rings. The molecule has 0 fully saturated rings. The highest BCUT2D eigenvalue weighted by atomic mass is 35.5. The van der Waals surface area contributed by atoms with Crippen molar-refractivity contribution in [3.8, 4) is 34.0 Å². The number of hydrogen-bond acceptors (Lipinski definition) is 3. The zero-order valence-electron chi connectivity index (χ0n) is 13.9. The van der Waals surface area contributed by atoms with Crippen LogP contribution in [0.3, 0.4) is 0 Å². The maximum Gasteiger partial charge on any atom is 0.128 e. The summed E-state index contributed by atoms with van der Waals surface area (Å²) in [5.41, 5.74) is 3.21. The number of ether oxygens (including phenoxy) is 2. The third-order valence-electron chi connectivity index (χ3n) is 3.65. The van der Waals surface area contributed by atoms with Crippen LogP contribution in [0.1, 0.15) is 6.92 Å². The van der Waals surface area contributed by atoms with Gasteiger partial charge in [0.1, 0.15) is 11.5 Å². The minimum absolute atomic E-state index is 0.560. The molecule has 128 valence electrons. The van der Waals surface area contributed by atoms with Gasteiger partial charge in [-0.3, -0.25) is 0 Å². The first-order valence-electron chi connectivity index (χ1n) is 7.85. The molecule has 0 saturated carbocycles. The van der Waals surface area contributed by atoms with E-state index in [1.54, 1.807) is 13.2 Å². The molecule has 0 atom stereocenters. The van der Waals surface area contributed by atoms with Crippen molar-refractivity contribution in [2.75, 3.05) is 13.7 Å². The van der Waals surface area contributed by atoms with E-state index in [1.165, 1.54) is 0 Å². The summed E-state index contributed by atoms with van der Waals surface area (Å²) in [6.07, 6.45) is 0. The normalized spacial score (nSPS) is 10.6. The molecule has 3 rings (SSSR count). The largest absolute Gasteiger partial charge is 0.496 e. The molecule has 3 aromatic rings. The molecule has 0 bridgehead atoms. The van der Waals surface area contributed by atoms with Crippen LogP contribution in [-0.2, 0) is 0 Å². The molecule has 25 heavy (non-hydrogen) atoms. The molecule has 0 amide bonds. The lowest BCUT2D eigenvalue weighted by Gasteiger charge is -2.12. The number of pyridine rings is 1. The number of nitrogens with zero attached hydrogens (tertiary/aromatic N) is 1. The standard InChI is InChI=1S/C20H17Cl2NO2/c1-3-25-16-11-18(13-8-14(21)10-15(22)9-13)23-19(12-16)17-6-4-5-7-20(17)24-2/h4-12H,3H2,1-2H3. The minimum Gasteiger partial charge on any atom is -0.496 e. The summed E-state index contributed by atoms with van der Waals surface area (Å²) < 4.78 is 11.2. The highest BCUT2D eigenvalue weighted by molar-refractivity contribution is 6.35. The molecule has 0 radical (unpaired) electrons. The maximum atomic E-state index is 6.14. The lowest BCUT2D eigenvalue weighted by molar-refractivity contribution is 0.340. The van der Waals surface area contributed by atoms with Gasteiger partial charge in [0, 0.05) is 33.3 Å². The lowest BCUT2D eigenvalue weighted by Crippen LogP contribution is -1.97. The van der Waals surface area contributed by atoms with Crippen LogP contribution in [0.5, 0.6) is 11.5 Å². The fourth-order valence-electron chi connectivity index (χ4n) is 2.60. The van der Waals surface area contributed by atoms with Gasteiger partial charge >= 0.3 is 0 Å². The quantitative estimate of drug-likeness (QED) is 0.538. The van der Waals surface area contributed by atoms with E-state index in [0.29, 0.717) is 16.7 Å². The zero-order valence-corrected chi connectivity index (χ0v) is 15.4. The van der Waals surface area contributed by atoms with Crippen molar-refractivity contribution in [3.05, 3.63) is 64.6 Å². The van der Waals surface area contributed by atoms with E-state index in [1.807, 2.05) is 55.5 Å². The van der Waals surface area contributed by atoms with Crippen LogP contribution in [0.4, 0.5) is 0 Å². The van der Waals surface area contributed by atoms with Crippen LogP contribution < -0.4 is 9.47 Å². The molecule has 0 N–H and O–H groups in total. The maximum absolute atomic E-state index is 6.14. The van der Waals surface area contributed by atoms with Gasteiger partial charge in [0.25, 0.3) is 0 Å². The Bertz CT molecular complexity index is 876. The first-order valence-corrected chi connectivity index (χ1v) is 8.61. The predicted octanol–water partition coefficient (Wildman–Crippen LogP) is 6.13. The molecule has 3 nitrogen and oxygen atoms in total. The van der Waals surface area contributed by atoms with Crippen molar-refractivity contribution in [2.24, 2.45) is 0 Å². The SMILES string of the molecule is CCOc1cc(-c2cc(Cl)cc(Cl)c2)nc(-c2ccccc2OC)c1. The number of para-hydroxylation sites is 1. The van der Waals surface area contributed by atoms with Gasteiger partial charge in [0.15, 0.2) is 0 Å². The number of aromatic nitrogens is 1. The molecule has 0 unspecified atom stereocenters. The van der Waals surface area contributed by atoms with Gasteiger partial charge in [-0.2, -0.15) is 0 Å². The van der Waals surface area contributed by atoms with Crippen molar-refractivity contribution in [1.29, 1.82) is 0 Å². The molecule has 2 aromatic carbocycles. The summed E-state index contributed by atoms with van der Waals surface area (Å²) >= 11 is 12.3. The van der Waals surface area contributed by atoms with Crippen LogP contribution >= 0.6 is 23.2 Å². The van der Waals surface area contributed by atoms with Crippen molar-refractivity contribution >= 4 is 23.2 Å². The molecule has 1 heterocycles. The Balaban J connectivity index is 2.18. The molecule has 0 aliphatic heterocycles. The topological polar surface area (TPSA) is 31.4 Å². The smallest absolute Gasteiger partial charge is 0.128 e. The van der Waals surface area contributed by atoms with Crippen molar-refractivity contribution in [3.63, 3.8) is 0 Å². The summed E-state index contributed by atoms with van der Waals surface area (Å²) in [4.78, 5) is 4.77. The predicted molar refractivity (Wildman–Crippen MR) is 103 cm³/mol. The van der Waals surface area contributed by atoms with E-state index < -0.39 is 0 Å². The van der Waals surface area contributed by atoms with Crippen molar-refractivity contribution in [1.82, 2.24) is 4.98 Å². The first-order chi connectivity index (χ1) is 12.1. The van der Waals surface area contributed by atoms with E-state index in [-0.39, 0.29) is 0 Å². The van der Waals surface area contributed by atoms with Crippen LogP contribution in [0.2, 0.25) is 10.0 Å². The van der Waals surface area contributed by atoms with Gasteiger partial charge in [-0.1, -0.05) is 35.3 Å². The number of rotatable bonds is 5. The summed E-state index contributed by atoms with van der Waals surface area (Å²) in [5.74, 6) is 1.48. The molecular weight excluding hydrogens is 357 g/mol. The molecular formula is C20H17Cl2NO2. The number of benzene rings is 2. The summed E-state index contributed by atoms with van der Waals surface area (Å²) in [7, 11) is 1.64. The van der Waals surface area contributed by atoms with Crippen LogP contribution in [0.15, 0.2) is 54.6 Å². The highest BCUT2D eigenvalue weighted by Gasteiger charge is 2.12. The fourth-order valence-corrected chi connectivity index (χ4v) is 3.13. The van der Waals surface area contributed by atoms with Gasteiger partial charge in [0.2, 0.25) is 0 Å². The third-order valence-corrected chi connectivity index (χ3v) is 4.09. The van der Waals surface area contributed by atoms with Gasteiger partial charge in [-0.05, 0) is 37.3 Å². The van der Waals surface area contributed by atoms with Crippen LogP contribution in [0.25, 0.3) is 22.5 Å². The van der Waals surface area contributed by atoms with Crippen LogP contribution in [-0.4, -0.2) is 18.7 Å². The Morgan fingerprint density at radius 3 is 2.28 bits per heavy atom. The Hall–Kier alpha value is -2.23. The number of halogens is 2. The van der Waals surface area contributed by atoms with Crippen molar-refractivity contribution < 1.29 is 9.47 Å². The molecule has 0 aliphatic carbocycles. The van der Waals surface area contributed by atoms with Crippen LogP contribution in [0, 0.1) is 0 Å². The van der Waals surface area contributed by atoms with E-state index in [9.17, 15) is 0 Å². The lowest BCUT2D eigenvalue weighted by atomic mass is 10.1. The van der Waals surface area contributed by atoms with Gasteiger partial charge < -0.3 is 9.47 Å². The second-order valence-electron chi connectivity index (χ2n) is 5.36. The van der Waals surface area contributed by atoms with E-state index >= 15 is 0 Å². The van der Waals surface area contributed by atoms with Gasteiger partial charge in [0.05, 0.1) is 25.1 Å². The van der Waals surface area contributed by atoms with E-state index in [0.717, 1.165) is 34.0 Å². The average molecular weight is 374 g/mol. The Kier molecular flexibility index (Phi) is 5.47. The summed E-state index contributed by atoms with van der Waals surface area (Å²) in [6, 6.07) is 16.9. The second-order valence-corrected chi connectivity index (χ2v) is 6.24.